The Morgan fingerprint density at radius 2 is 2.33 bits per heavy atom. The zero-order chi connectivity index (χ0) is 7.97. The highest BCUT2D eigenvalue weighted by molar-refractivity contribution is 5.54. The van der Waals surface area contributed by atoms with Crippen LogP contribution in [0.4, 0.5) is 0 Å². The minimum absolute atomic E-state index is 0.223. The summed E-state index contributed by atoms with van der Waals surface area (Å²) in [5.41, 5.74) is 2.69. The van der Waals surface area contributed by atoms with Gasteiger partial charge in [-0.1, -0.05) is 24.3 Å². The molecule has 3 rings (SSSR count). The van der Waals surface area contributed by atoms with Crippen molar-refractivity contribution in [1.82, 2.24) is 0 Å². The van der Waals surface area contributed by atoms with Crippen molar-refractivity contribution in [1.29, 1.82) is 0 Å². The monoisotopic (exact) mass is 158 g/mol. The van der Waals surface area contributed by atoms with Crippen LogP contribution < -0.4 is 0 Å². The molecule has 1 aromatic rings. The molecule has 2 heteroatoms. The van der Waals surface area contributed by atoms with Gasteiger partial charge in [-0.2, -0.15) is 0 Å². The van der Waals surface area contributed by atoms with Gasteiger partial charge in [0.1, 0.15) is 12.1 Å². The average molecular weight is 158 g/mol. The number of aliphatic imine (C=N–C) groups is 1. The van der Waals surface area contributed by atoms with E-state index < -0.39 is 0 Å². The molecule has 12 heavy (non-hydrogen) atoms. The molecule has 2 aliphatic rings. The molecule has 0 spiro atoms. The molecule has 0 saturated carbocycles. The minimum atomic E-state index is 0.223. The van der Waals surface area contributed by atoms with E-state index in [1.807, 2.05) is 0 Å². The predicted octanol–water partition coefficient (Wildman–Crippen LogP) is 1.59. The summed E-state index contributed by atoms with van der Waals surface area (Å²) in [6.07, 6.45) is 3.80. The smallest absolute Gasteiger partial charge is 0.274 e. The summed E-state index contributed by atoms with van der Waals surface area (Å²) >= 11 is 0. The highest BCUT2D eigenvalue weighted by Crippen LogP contribution is 2.37. The van der Waals surface area contributed by atoms with Crippen molar-refractivity contribution in [3.63, 3.8) is 0 Å². The topological polar surface area (TPSA) is 21.6 Å². The maximum Gasteiger partial charge on any atom is 0.274 e. The van der Waals surface area contributed by atoms with Gasteiger partial charge in [0, 0.05) is 6.42 Å². The Morgan fingerprint density at radius 1 is 1.42 bits per heavy atom. The maximum absolute atomic E-state index is 5.24. The normalized spacial score (nSPS) is 29.7. The molecular formula is C10H8NO. The second-order valence-corrected chi connectivity index (χ2v) is 3.22. The van der Waals surface area contributed by atoms with Gasteiger partial charge in [-0.3, -0.25) is 0 Å². The van der Waals surface area contributed by atoms with Crippen LogP contribution >= 0.6 is 0 Å². The summed E-state index contributed by atoms with van der Waals surface area (Å²) in [6, 6.07) is 8.61. The SMILES string of the molecule is [C]1=NC2c3ccccc3CC2O1. The van der Waals surface area contributed by atoms with Gasteiger partial charge in [0.05, 0.1) is 0 Å². The summed E-state index contributed by atoms with van der Waals surface area (Å²) in [5, 5.41) is 0. The Hall–Kier alpha value is -1.31. The summed E-state index contributed by atoms with van der Waals surface area (Å²) < 4.78 is 5.24. The van der Waals surface area contributed by atoms with Crippen molar-refractivity contribution in [2.24, 2.45) is 4.99 Å². The Labute approximate surface area is 70.9 Å². The summed E-state index contributed by atoms with van der Waals surface area (Å²) in [5.74, 6) is 0. The molecule has 0 bridgehead atoms. The van der Waals surface area contributed by atoms with Crippen LogP contribution in [0.15, 0.2) is 29.3 Å². The van der Waals surface area contributed by atoms with E-state index in [9.17, 15) is 0 Å². The predicted molar refractivity (Wildman–Crippen MR) is 45.2 cm³/mol. The Morgan fingerprint density at radius 3 is 3.33 bits per heavy atom. The van der Waals surface area contributed by atoms with E-state index in [2.05, 4.69) is 35.7 Å². The molecule has 1 aliphatic carbocycles. The lowest BCUT2D eigenvalue weighted by Gasteiger charge is -2.05. The van der Waals surface area contributed by atoms with Crippen LogP contribution in [0.25, 0.3) is 0 Å². The van der Waals surface area contributed by atoms with Gasteiger partial charge in [0.2, 0.25) is 0 Å². The summed E-state index contributed by atoms with van der Waals surface area (Å²) in [6.45, 7) is 0. The molecule has 2 nitrogen and oxygen atoms in total. The molecule has 0 fully saturated rings. The Kier molecular flexibility index (Phi) is 1.09. The number of fused-ring (bicyclic) bond motifs is 3. The molecule has 2 atom stereocenters. The molecule has 1 heterocycles. The van der Waals surface area contributed by atoms with Gasteiger partial charge in [0.15, 0.2) is 0 Å². The van der Waals surface area contributed by atoms with Crippen LogP contribution in [-0.2, 0) is 11.2 Å². The standard InChI is InChI=1S/C10H8NO/c1-2-4-8-7(3-1)5-9-10(8)11-6-12-9/h1-4,9-10H,5H2. The molecule has 1 radical (unpaired) electrons. The minimum Gasteiger partial charge on any atom is -0.468 e. The molecule has 1 aliphatic heterocycles. The fourth-order valence-electron chi connectivity index (χ4n) is 1.95. The van der Waals surface area contributed by atoms with Crippen molar-refractivity contribution < 1.29 is 4.74 Å². The van der Waals surface area contributed by atoms with E-state index in [1.165, 1.54) is 11.1 Å². The molecular weight excluding hydrogens is 150 g/mol. The van der Waals surface area contributed by atoms with Crippen LogP contribution in [0.2, 0.25) is 0 Å². The lowest BCUT2D eigenvalue weighted by molar-refractivity contribution is 0.214. The first kappa shape index (κ1) is 6.23. The molecule has 0 saturated heterocycles. The van der Waals surface area contributed by atoms with Crippen molar-refractivity contribution in [2.45, 2.75) is 18.6 Å². The number of rotatable bonds is 0. The number of nitrogens with zero attached hydrogens (tertiary/aromatic N) is 1. The van der Waals surface area contributed by atoms with Crippen LogP contribution in [0.5, 0.6) is 0 Å². The Bertz CT molecular complexity index is 345. The van der Waals surface area contributed by atoms with Gasteiger partial charge in [-0.25, -0.2) is 4.99 Å². The fourth-order valence-corrected chi connectivity index (χ4v) is 1.95. The lowest BCUT2D eigenvalue weighted by atomic mass is 10.1. The van der Waals surface area contributed by atoms with Crippen molar-refractivity contribution in [3.8, 4) is 0 Å². The Balaban J connectivity index is 2.14. The molecule has 0 amide bonds. The zero-order valence-electron chi connectivity index (χ0n) is 6.53. The third-order valence-corrected chi connectivity index (χ3v) is 2.54. The number of benzene rings is 1. The lowest BCUT2D eigenvalue weighted by Crippen LogP contribution is -2.09. The van der Waals surface area contributed by atoms with E-state index in [4.69, 9.17) is 4.74 Å². The average Bonchev–Trinajstić information content (AvgIpc) is 2.62. The zero-order valence-corrected chi connectivity index (χ0v) is 6.53. The van der Waals surface area contributed by atoms with E-state index in [0.717, 1.165) is 6.42 Å². The van der Waals surface area contributed by atoms with E-state index in [-0.39, 0.29) is 12.1 Å². The second-order valence-electron chi connectivity index (χ2n) is 3.22. The van der Waals surface area contributed by atoms with Gasteiger partial charge in [0.25, 0.3) is 6.40 Å². The number of hydrogen-bond acceptors (Lipinski definition) is 2. The second kappa shape index (κ2) is 2.09. The van der Waals surface area contributed by atoms with Gasteiger partial charge < -0.3 is 4.74 Å². The fraction of sp³-hybridized carbons (Fsp3) is 0.300. The van der Waals surface area contributed by atoms with Crippen molar-refractivity contribution in [3.05, 3.63) is 35.4 Å². The number of ether oxygens (including phenoxy) is 1. The highest BCUT2D eigenvalue weighted by atomic mass is 16.5. The van der Waals surface area contributed by atoms with Crippen LogP contribution in [-0.4, -0.2) is 12.5 Å². The van der Waals surface area contributed by atoms with Crippen molar-refractivity contribution in [2.75, 3.05) is 0 Å². The first-order valence-electron chi connectivity index (χ1n) is 4.13. The third-order valence-electron chi connectivity index (χ3n) is 2.54. The summed E-state index contributed by atoms with van der Waals surface area (Å²) in [4.78, 5) is 4.17. The van der Waals surface area contributed by atoms with Crippen molar-refractivity contribution >= 4 is 6.40 Å². The molecule has 59 valence electrons. The van der Waals surface area contributed by atoms with Crippen LogP contribution in [0.1, 0.15) is 17.2 Å². The number of hydrogen-bond donors (Lipinski definition) is 0. The van der Waals surface area contributed by atoms with Gasteiger partial charge >= 0.3 is 0 Å². The van der Waals surface area contributed by atoms with E-state index >= 15 is 0 Å². The largest absolute Gasteiger partial charge is 0.468 e. The first-order chi connectivity index (χ1) is 5.95. The maximum atomic E-state index is 5.24. The van der Waals surface area contributed by atoms with Gasteiger partial charge in [-0.15, -0.1) is 0 Å². The van der Waals surface area contributed by atoms with Crippen LogP contribution in [0, 0.1) is 0 Å². The van der Waals surface area contributed by atoms with E-state index in [1.54, 1.807) is 0 Å². The van der Waals surface area contributed by atoms with E-state index in [0.29, 0.717) is 0 Å². The van der Waals surface area contributed by atoms with Gasteiger partial charge in [-0.05, 0) is 11.1 Å². The first-order valence-corrected chi connectivity index (χ1v) is 4.13. The summed E-state index contributed by atoms with van der Waals surface area (Å²) in [7, 11) is 0. The molecule has 1 aromatic carbocycles. The molecule has 0 N–H and O–H groups in total. The molecule has 2 unspecified atom stereocenters. The highest BCUT2D eigenvalue weighted by Gasteiger charge is 2.36. The quantitative estimate of drug-likeness (QED) is 0.561. The molecule has 0 aromatic heterocycles. The van der Waals surface area contributed by atoms with Crippen LogP contribution in [0.3, 0.4) is 0 Å². The third kappa shape index (κ3) is 0.670.